The second-order valence-electron chi connectivity index (χ2n) is 5.51. The van der Waals surface area contributed by atoms with E-state index in [2.05, 4.69) is 5.32 Å². The number of carbonyl (C=O) groups excluding carboxylic acids is 1. The molecule has 6 heteroatoms. The van der Waals surface area contributed by atoms with Crippen LogP contribution in [0.2, 0.25) is 0 Å². The maximum Gasteiger partial charge on any atom is 0.269 e. The van der Waals surface area contributed by atoms with Gasteiger partial charge in [0, 0.05) is 25.2 Å². The second-order valence-corrected chi connectivity index (χ2v) is 5.51. The van der Waals surface area contributed by atoms with Gasteiger partial charge in [0.1, 0.15) is 0 Å². The molecule has 1 aliphatic heterocycles. The van der Waals surface area contributed by atoms with Crippen LogP contribution in [0.5, 0.6) is 0 Å². The Bertz CT molecular complexity index is 517. The minimum Gasteiger partial charge on any atom is -0.342 e. The molecule has 0 aliphatic carbocycles. The van der Waals surface area contributed by atoms with E-state index in [1.807, 2.05) is 11.9 Å². The van der Waals surface area contributed by atoms with Crippen LogP contribution in [0.1, 0.15) is 18.4 Å². The normalized spacial score (nSPS) is 18.5. The molecule has 6 nitrogen and oxygen atoms in total. The third-order valence-electron chi connectivity index (χ3n) is 3.84. The van der Waals surface area contributed by atoms with E-state index < -0.39 is 4.92 Å². The minimum atomic E-state index is -0.433. The number of hydrogen-bond acceptors (Lipinski definition) is 4. The molecular formula is C15H21N3O3. The summed E-state index contributed by atoms with van der Waals surface area (Å²) in [6, 6.07) is 6.31. The highest BCUT2D eigenvalue weighted by atomic mass is 16.6. The summed E-state index contributed by atoms with van der Waals surface area (Å²) in [7, 11) is 1.92. The SMILES string of the molecule is CNCC1CCCN(C(=O)Cc2cccc([N+](=O)[O-])c2)C1. The third kappa shape index (κ3) is 4.26. The van der Waals surface area contributed by atoms with Crippen LogP contribution in [0.3, 0.4) is 0 Å². The molecule has 0 aromatic heterocycles. The third-order valence-corrected chi connectivity index (χ3v) is 3.84. The van der Waals surface area contributed by atoms with Gasteiger partial charge in [-0.3, -0.25) is 14.9 Å². The summed E-state index contributed by atoms with van der Waals surface area (Å²) in [6.45, 7) is 2.48. The first-order valence-corrected chi connectivity index (χ1v) is 7.26. The Morgan fingerprint density at radius 1 is 1.52 bits per heavy atom. The molecule has 1 fully saturated rings. The van der Waals surface area contributed by atoms with Crippen molar-refractivity contribution in [2.75, 3.05) is 26.7 Å². The highest BCUT2D eigenvalue weighted by Gasteiger charge is 2.23. The number of nitrogens with one attached hydrogen (secondary N) is 1. The van der Waals surface area contributed by atoms with E-state index in [0.29, 0.717) is 11.5 Å². The number of nitro benzene ring substituents is 1. The monoisotopic (exact) mass is 291 g/mol. The molecule has 0 radical (unpaired) electrons. The van der Waals surface area contributed by atoms with Crippen molar-refractivity contribution in [3.05, 3.63) is 39.9 Å². The molecule has 1 aromatic carbocycles. The fourth-order valence-electron chi connectivity index (χ4n) is 2.81. The van der Waals surface area contributed by atoms with Gasteiger partial charge in [0.15, 0.2) is 0 Å². The zero-order valence-corrected chi connectivity index (χ0v) is 12.2. The van der Waals surface area contributed by atoms with Crippen molar-refractivity contribution < 1.29 is 9.72 Å². The summed E-state index contributed by atoms with van der Waals surface area (Å²) in [5.41, 5.74) is 0.733. The molecule has 2 rings (SSSR count). The first kappa shape index (κ1) is 15.4. The van der Waals surface area contributed by atoms with E-state index >= 15 is 0 Å². The molecule has 1 atom stereocenters. The van der Waals surface area contributed by atoms with Gasteiger partial charge in [-0.1, -0.05) is 12.1 Å². The van der Waals surface area contributed by atoms with Crippen LogP contribution < -0.4 is 5.32 Å². The highest BCUT2D eigenvalue weighted by molar-refractivity contribution is 5.79. The van der Waals surface area contributed by atoms with Crippen molar-refractivity contribution in [1.82, 2.24) is 10.2 Å². The van der Waals surface area contributed by atoms with Crippen LogP contribution in [0.15, 0.2) is 24.3 Å². The lowest BCUT2D eigenvalue weighted by molar-refractivity contribution is -0.384. The van der Waals surface area contributed by atoms with Gasteiger partial charge in [0.25, 0.3) is 5.69 Å². The van der Waals surface area contributed by atoms with E-state index in [0.717, 1.165) is 32.5 Å². The number of amides is 1. The van der Waals surface area contributed by atoms with Crippen molar-refractivity contribution >= 4 is 11.6 Å². The van der Waals surface area contributed by atoms with E-state index in [1.54, 1.807) is 12.1 Å². The topological polar surface area (TPSA) is 75.5 Å². The number of nitrogens with zero attached hydrogens (tertiary/aromatic N) is 2. The van der Waals surface area contributed by atoms with Crippen LogP contribution in [-0.2, 0) is 11.2 Å². The zero-order chi connectivity index (χ0) is 15.2. The maximum atomic E-state index is 12.3. The number of likely N-dealkylation sites (tertiary alicyclic amines) is 1. The van der Waals surface area contributed by atoms with E-state index in [-0.39, 0.29) is 18.0 Å². The molecule has 21 heavy (non-hydrogen) atoms. The summed E-state index contributed by atoms with van der Waals surface area (Å²) < 4.78 is 0. The fraction of sp³-hybridized carbons (Fsp3) is 0.533. The number of rotatable bonds is 5. The average molecular weight is 291 g/mol. The van der Waals surface area contributed by atoms with Crippen molar-refractivity contribution in [1.29, 1.82) is 0 Å². The van der Waals surface area contributed by atoms with E-state index in [1.165, 1.54) is 12.1 Å². The van der Waals surface area contributed by atoms with Gasteiger partial charge in [-0.25, -0.2) is 0 Å². The summed E-state index contributed by atoms with van der Waals surface area (Å²) in [5.74, 6) is 0.550. The molecule has 0 saturated carbocycles. The predicted molar refractivity (Wildman–Crippen MR) is 80.0 cm³/mol. The Morgan fingerprint density at radius 3 is 3.05 bits per heavy atom. The molecule has 114 valence electrons. The van der Waals surface area contributed by atoms with Crippen molar-refractivity contribution in [2.24, 2.45) is 5.92 Å². The summed E-state index contributed by atoms with van der Waals surface area (Å²) in [5, 5.41) is 13.9. The summed E-state index contributed by atoms with van der Waals surface area (Å²) in [4.78, 5) is 24.5. The first-order chi connectivity index (χ1) is 10.1. The van der Waals surface area contributed by atoms with Crippen LogP contribution in [0.4, 0.5) is 5.69 Å². The summed E-state index contributed by atoms with van der Waals surface area (Å²) in [6.07, 6.45) is 2.39. The molecule has 1 saturated heterocycles. The molecule has 1 unspecified atom stereocenters. The van der Waals surface area contributed by atoms with Crippen LogP contribution in [-0.4, -0.2) is 42.4 Å². The number of non-ortho nitro benzene ring substituents is 1. The molecule has 0 spiro atoms. The Labute approximate surface area is 124 Å². The van der Waals surface area contributed by atoms with Gasteiger partial charge >= 0.3 is 0 Å². The highest BCUT2D eigenvalue weighted by Crippen LogP contribution is 2.18. The lowest BCUT2D eigenvalue weighted by Crippen LogP contribution is -2.43. The first-order valence-electron chi connectivity index (χ1n) is 7.26. The smallest absolute Gasteiger partial charge is 0.269 e. The van der Waals surface area contributed by atoms with Crippen molar-refractivity contribution in [3.8, 4) is 0 Å². The van der Waals surface area contributed by atoms with Crippen molar-refractivity contribution in [3.63, 3.8) is 0 Å². The Morgan fingerprint density at radius 2 is 2.33 bits per heavy atom. The lowest BCUT2D eigenvalue weighted by atomic mass is 9.97. The summed E-state index contributed by atoms with van der Waals surface area (Å²) >= 11 is 0. The largest absolute Gasteiger partial charge is 0.342 e. The number of nitro groups is 1. The zero-order valence-electron chi connectivity index (χ0n) is 12.2. The molecule has 1 aliphatic rings. The van der Waals surface area contributed by atoms with Crippen molar-refractivity contribution in [2.45, 2.75) is 19.3 Å². The number of hydrogen-bond donors (Lipinski definition) is 1. The lowest BCUT2D eigenvalue weighted by Gasteiger charge is -2.32. The van der Waals surface area contributed by atoms with Gasteiger partial charge in [-0.05, 0) is 37.9 Å². The minimum absolute atomic E-state index is 0.0343. The quantitative estimate of drug-likeness (QED) is 0.660. The molecule has 1 amide bonds. The molecule has 1 aromatic rings. The molecule has 1 heterocycles. The second kappa shape index (κ2) is 7.17. The Hall–Kier alpha value is -1.95. The maximum absolute atomic E-state index is 12.3. The van der Waals surface area contributed by atoms with Crippen LogP contribution in [0.25, 0.3) is 0 Å². The average Bonchev–Trinajstić information content (AvgIpc) is 2.48. The van der Waals surface area contributed by atoms with E-state index in [4.69, 9.17) is 0 Å². The van der Waals surface area contributed by atoms with Crippen LogP contribution in [0, 0.1) is 16.0 Å². The molecular weight excluding hydrogens is 270 g/mol. The van der Waals surface area contributed by atoms with Gasteiger partial charge in [-0.2, -0.15) is 0 Å². The van der Waals surface area contributed by atoms with Gasteiger partial charge in [0.2, 0.25) is 5.91 Å². The van der Waals surface area contributed by atoms with Crippen LogP contribution >= 0.6 is 0 Å². The standard InChI is InChI=1S/C15H21N3O3/c1-16-10-13-5-3-7-17(11-13)15(19)9-12-4-2-6-14(8-12)18(20)21/h2,4,6,8,13,16H,3,5,7,9-11H2,1H3. The molecule has 0 bridgehead atoms. The molecule has 1 N–H and O–H groups in total. The van der Waals surface area contributed by atoms with E-state index in [9.17, 15) is 14.9 Å². The Kier molecular flexibility index (Phi) is 5.27. The van der Waals surface area contributed by atoms with Gasteiger partial charge in [0.05, 0.1) is 11.3 Å². The predicted octanol–water partition coefficient (Wildman–Crippen LogP) is 1.60. The fourth-order valence-corrected chi connectivity index (χ4v) is 2.81. The number of benzene rings is 1. The van der Waals surface area contributed by atoms with Gasteiger partial charge in [-0.15, -0.1) is 0 Å². The Balaban J connectivity index is 1.97. The number of carbonyl (C=O) groups is 1. The van der Waals surface area contributed by atoms with Gasteiger partial charge < -0.3 is 10.2 Å². The number of piperidine rings is 1.